The summed E-state index contributed by atoms with van der Waals surface area (Å²) in [7, 11) is -4.28. The quantitative estimate of drug-likeness (QED) is 0.0850. The molecule has 3 aromatic carbocycles. The van der Waals surface area contributed by atoms with E-state index in [2.05, 4.69) is 15.0 Å². The van der Waals surface area contributed by atoms with Gasteiger partial charge in [-0.3, -0.25) is 14.3 Å². The van der Waals surface area contributed by atoms with E-state index >= 15 is 0 Å². The lowest BCUT2D eigenvalue weighted by Gasteiger charge is -2.27. The summed E-state index contributed by atoms with van der Waals surface area (Å²) >= 11 is 0. The number of rotatable bonds is 12. The van der Waals surface area contributed by atoms with E-state index in [1.165, 1.54) is 24.3 Å². The van der Waals surface area contributed by atoms with Gasteiger partial charge in [0.05, 0.1) is 23.6 Å². The largest absolute Gasteiger partial charge is 0.466 e. The van der Waals surface area contributed by atoms with E-state index in [-0.39, 0.29) is 48.2 Å². The number of anilines is 2. The molecule has 1 atom stereocenters. The van der Waals surface area contributed by atoms with E-state index in [1.807, 2.05) is 30.3 Å². The van der Waals surface area contributed by atoms with E-state index in [1.54, 1.807) is 72.7 Å². The first-order valence-corrected chi connectivity index (χ1v) is 18.1. The third-order valence-corrected chi connectivity index (χ3v) is 8.26. The van der Waals surface area contributed by atoms with Crippen molar-refractivity contribution >= 4 is 51.4 Å². The first kappa shape index (κ1) is 41.0. The van der Waals surface area contributed by atoms with Crippen molar-refractivity contribution in [2.45, 2.75) is 83.3 Å². The van der Waals surface area contributed by atoms with Crippen molar-refractivity contribution in [3.05, 3.63) is 90.0 Å². The molecule has 0 fully saturated rings. The molecule has 3 aromatic rings. The number of ether oxygens (including phenoxy) is 3. The molecular weight excluding hydrogens is 690 g/mol. The number of aliphatic imine (C=N–C) groups is 1. The Labute approximate surface area is 304 Å². The van der Waals surface area contributed by atoms with Gasteiger partial charge in [0.2, 0.25) is 11.9 Å². The second kappa shape index (κ2) is 17.7. The second-order valence-electron chi connectivity index (χ2n) is 13.6. The molecule has 0 spiro atoms. The van der Waals surface area contributed by atoms with Crippen molar-refractivity contribution in [2.24, 2.45) is 10.7 Å². The summed E-state index contributed by atoms with van der Waals surface area (Å²) in [5, 5.41) is 2.75. The van der Waals surface area contributed by atoms with Crippen molar-refractivity contribution in [3.63, 3.8) is 0 Å². The van der Waals surface area contributed by atoms with E-state index in [9.17, 15) is 27.6 Å². The fraction of sp³-hybridized carbons (Fsp3) is 0.378. The molecule has 0 aliphatic heterocycles. The Bertz CT molecular complexity index is 1870. The van der Waals surface area contributed by atoms with Gasteiger partial charge in [-0.15, -0.1) is 4.99 Å². The summed E-state index contributed by atoms with van der Waals surface area (Å²) in [6.45, 7) is 11.9. The average molecular weight is 738 g/mol. The number of carbonyl (C=O) groups excluding carboxylic acids is 4. The standard InChI is InChI=1S/C37H47N5O9S/c1-8-49-32(44)20-21-39-31(43)24-30(25-14-10-9-11-15-25)26-16-12-17-27(22-26)41-52(47,48)29-19-13-18-28(23-29)42(35(46)51-37(5,6)7)33(38)40-34(45)50-36(2,3)4/h9-19,22-23,30,41H,8,20-21,24H2,1-7H3,(H,39,43)(H2,38,40,45). The van der Waals surface area contributed by atoms with Crippen molar-refractivity contribution in [1.29, 1.82) is 0 Å². The summed E-state index contributed by atoms with van der Waals surface area (Å²) in [6, 6.07) is 21.2. The molecule has 0 bridgehead atoms. The van der Waals surface area contributed by atoms with Gasteiger partial charge in [0, 0.05) is 24.6 Å². The van der Waals surface area contributed by atoms with Crippen molar-refractivity contribution in [1.82, 2.24) is 5.32 Å². The lowest BCUT2D eigenvalue weighted by molar-refractivity contribution is -0.143. The van der Waals surface area contributed by atoms with Crippen LogP contribution in [0.5, 0.6) is 0 Å². The van der Waals surface area contributed by atoms with E-state index in [4.69, 9.17) is 19.9 Å². The maximum absolute atomic E-state index is 13.7. The minimum atomic E-state index is -4.28. The smallest absolute Gasteiger partial charge is 0.437 e. The Balaban J connectivity index is 1.93. The lowest BCUT2D eigenvalue weighted by atomic mass is 9.88. The first-order valence-electron chi connectivity index (χ1n) is 16.6. The van der Waals surface area contributed by atoms with Gasteiger partial charge in [-0.05, 0) is 89.9 Å². The monoisotopic (exact) mass is 737 g/mol. The number of carbonyl (C=O) groups is 4. The number of sulfonamides is 1. The van der Waals surface area contributed by atoms with Crippen LogP contribution in [0, 0.1) is 0 Å². The van der Waals surface area contributed by atoms with Crippen LogP contribution in [-0.2, 0) is 33.8 Å². The van der Waals surface area contributed by atoms with Crippen molar-refractivity contribution < 1.29 is 41.8 Å². The summed E-state index contributed by atoms with van der Waals surface area (Å²) < 4.78 is 45.6. The number of nitrogens with zero attached hydrogens (tertiary/aromatic N) is 2. The maximum Gasteiger partial charge on any atom is 0.437 e. The molecule has 0 aliphatic carbocycles. The molecule has 15 heteroatoms. The van der Waals surface area contributed by atoms with Crippen LogP contribution in [0.25, 0.3) is 0 Å². The maximum atomic E-state index is 13.7. The van der Waals surface area contributed by atoms with E-state index in [0.717, 1.165) is 10.5 Å². The molecule has 52 heavy (non-hydrogen) atoms. The molecule has 3 rings (SSSR count). The summed E-state index contributed by atoms with van der Waals surface area (Å²) in [6.07, 6.45) is -2.01. The first-order chi connectivity index (χ1) is 24.3. The number of nitrogens with two attached hydrogens (primary N) is 1. The van der Waals surface area contributed by atoms with Gasteiger partial charge in [0.25, 0.3) is 10.0 Å². The normalized spacial score (nSPS) is 12.6. The Hall–Kier alpha value is -5.44. The van der Waals surface area contributed by atoms with Crippen LogP contribution < -0.4 is 20.7 Å². The average Bonchev–Trinajstić information content (AvgIpc) is 3.02. The highest BCUT2D eigenvalue weighted by Crippen LogP contribution is 2.31. The van der Waals surface area contributed by atoms with Crippen LogP contribution in [-0.4, -0.2) is 62.8 Å². The minimum absolute atomic E-state index is 0.0257. The predicted octanol–water partition coefficient (Wildman–Crippen LogP) is 6.07. The number of hydrogen-bond donors (Lipinski definition) is 3. The highest BCUT2D eigenvalue weighted by Gasteiger charge is 2.29. The van der Waals surface area contributed by atoms with Crippen LogP contribution in [0.3, 0.4) is 0 Å². The van der Waals surface area contributed by atoms with Gasteiger partial charge in [0.15, 0.2) is 0 Å². The number of hydrogen-bond acceptors (Lipinski definition) is 9. The molecule has 14 nitrogen and oxygen atoms in total. The Morgan fingerprint density at radius 2 is 1.48 bits per heavy atom. The topological polar surface area (TPSA) is 196 Å². The fourth-order valence-corrected chi connectivity index (χ4v) is 5.89. The van der Waals surface area contributed by atoms with Crippen LogP contribution in [0.2, 0.25) is 0 Å². The number of benzene rings is 3. The van der Waals surface area contributed by atoms with Gasteiger partial charge in [0.1, 0.15) is 11.2 Å². The van der Waals surface area contributed by atoms with Gasteiger partial charge < -0.3 is 25.3 Å². The van der Waals surface area contributed by atoms with Crippen LogP contribution in [0.4, 0.5) is 21.0 Å². The second-order valence-corrected chi connectivity index (χ2v) is 15.2. The van der Waals surface area contributed by atoms with E-state index in [0.29, 0.717) is 5.56 Å². The molecule has 0 aromatic heterocycles. The molecule has 3 amide bonds. The van der Waals surface area contributed by atoms with Crippen LogP contribution >= 0.6 is 0 Å². The third-order valence-electron chi connectivity index (χ3n) is 6.88. The Morgan fingerprint density at radius 1 is 0.846 bits per heavy atom. The molecule has 4 N–H and O–H groups in total. The highest BCUT2D eigenvalue weighted by molar-refractivity contribution is 7.92. The zero-order chi connectivity index (χ0) is 38.7. The SMILES string of the molecule is CCOC(=O)CCNC(=O)CC(c1ccccc1)c1cccc(NS(=O)(=O)c2cccc(N(C(=O)OC(C)(C)C)C(N)=NC(=O)OC(C)(C)C)c2)c1. The number of nitrogens with one attached hydrogen (secondary N) is 2. The molecule has 0 radical (unpaired) electrons. The zero-order valence-electron chi connectivity index (χ0n) is 30.5. The van der Waals surface area contributed by atoms with Crippen molar-refractivity contribution in [2.75, 3.05) is 22.8 Å². The molecule has 0 saturated carbocycles. The Kier molecular flexibility index (Phi) is 13.9. The minimum Gasteiger partial charge on any atom is -0.466 e. The lowest BCUT2D eigenvalue weighted by Crippen LogP contribution is -2.45. The summed E-state index contributed by atoms with van der Waals surface area (Å²) in [5.74, 6) is -1.77. The van der Waals surface area contributed by atoms with Gasteiger partial charge in [-0.25, -0.2) is 22.9 Å². The zero-order valence-corrected chi connectivity index (χ0v) is 31.3. The summed E-state index contributed by atoms with van der Waals surface area (Å²) in [5.41, 5.74) is 5.88. The van der Waals surface area contributed by atoms with Gasteiger partial charge in [-0.2, -0.15) is 0 Å². The fourth-order valence-electron chi connectivity index (χ4n) is 4.80. The van der Waals surface area contributed by atoms with Gasteiger partial charge >= 0.3 is 18.2 Å². The number of amides is 3. The highest BCUT2D eigenvalue weighted by atomic mass is 32.2. The molecule has 0 aliphatic rings. The van der Waals surface area contributed by atoms with Gasteiger partial charge in [-0.1, -0.05) is 48.5 Å². The van der Waals surface area contributed by atoms with Crippen LogP contribution in [0.1, 0.15) is 78.4 Å². The Morgan fingerprint density at radius 3 is 2.12 bits per heavy atom. The number of esters is 1. The predicted molar refractivity (Wildman–Crippen MR) is 197 cm³/mol. The van der Waals surface area contributed by atoms with E-state index < -0.39 is 51.3 Å². The molecule has 0 heterocycles. The van der Waals surface area contributed by atoms with Crippen molar-refractivity contribution in [3.8, 4) is 0 Å². The molecule has 1 unspecified atom stereocenters. The van der Waals surface area contributed by atoms with Crippen LogP contribution in [0.15, 0.2) is 88.8 Å². The number of guanidine groups is 1. The molecular formula is C37H47N5O9S. The summed E-state index contributed by atoms with van der Waals surface area (Å²) in [4.78, 5) is 54.7. The third kappa shape index (κ3) is 13.0. The molecule has 0 saturated heterocycles. The molecule has 280 valence electrons.